The van der Waals surface area contributed by atoms with E-state index in [0.717, 1.165) is 22.2 Å². The van der Waals surface area contributed by atoms with Gasteiger partial charge in [-0.05, 0) is 62.0 Å². The number of fused-ring (bicyclic) bond motifs is 1. The number of aromatic nitrogens is 1. The largest absolute Gasteiger partial charge is 0.462 e. The highest BCUT2D eigenvalue weighted by Crippen LogP contribution is 2.36. The van der Waals surface area contributed by atoms with E-state index < -0.39 is 0 Å². The number of hydrogen-bond acceptors (Lipinski definition) is 5. The van der Waals surface area contributed by atoms with Crippen LogP contribution in [-0.2, 0) is 16.1 Å². The van der Waals surface area contributed by atoms with Gasteiger partial charge in [0.25, 0.3) is 5.91 Å². The van der Waals surface area contributed by atoms with Gasteiger partial charge in [0.1, 0.15) is 0 Å². The van der Waals surface area contributed by atoms with Crippen LogP contribution in [0.15, 0.2) is 71.1 Å². The van der Waals surface area contributed by atoms with Gasteiger partial charge in [-0.3, -0.25) is 9.69 Å². The first-order valence-electron chi connectivity index (χ1n) is 10.7. The molecule has 2 aromatic carbocycles. The number of rotatable bonds is 6. The maximum atomic E-state index is 13.0. The molecule has 33 heavy (non-hydrogen) atoms. The Kier molecular flexibility index (Phi) is 6.51. The molecule has 1 fully saturated rings. The van der Waals surface area contributed by atoms with Crippen LogP contribution in [0, 0.1) is 6.92 Å². The lowest BCUT2D eigenvalue weighted by Gasteiger charge is -2.07. The summed E-state index contributed by atoms with van der Waals surface area (Å²) in [6, 6.07) is 15.0. The number of carbonyl (C=O) groups is 2. The van der Waals surface area contributed by atoms with E-state index in [1.165, 1.54) is 11.8 Å². The predicted octanol–water partition coefficient (Wildman–Crippen LogP) is 5.55. The second kappa shape index (κ2) is 9.50. The first-order chi connectivity index (χ1) is 15.9. The summed E-state index contributed by atoms with van der Waals surface area (Å²) in [5.74, 6) is -0.461. The molecule has 0 N–H and O–H groups in total. The molecule has 0 aliphatic carbocycles. The number of hydrogen-bond donors (Lipinski definition) is 0. The minimum atomic E-state index is -0.365. The van der Waals surface area contributed by atoms with Crippen molar-refractivity contribution in [2.75, 3.05) is 13.7 Å². The van der Waals surface area contributed by atoms with Crippen LogP contribution in [0.3, 0.4) is 0 Å². The zero-order chi connectivity index (χ0) is 23.5. The van der Waals surface area contributed by atoms with Crippen molar-refractivity contribution < 1.29 is 14.3 Å². The number of nitrogens with zero attached hydrogens (tertiary/aromatic N) is 3. The Balaban J connectivity index is 1.66. The minimum absolute atomic E-state index is 0.0955. The fourth-order valence-electron chi connectivity index (χ4n) is 3.78. The molecule has 1 aliphatic heterocycles. The summed E-state index contributed by atoms with van der Waals surface area (Å²) in [6.45, 7) is 8.73. The molecule has 1 saturated heterocycles. The van der Waals surface area contributed by atoms with Crippen LogP contribution >= 0.6 is 11.8 Å². The number of aliphatic imine (C=N–C) groups is 1. The van der Waals surface area contributed by atoms with E-state index in [-0.39, 0.29) is 11.9 Å². The molecule has 1 aliphatic rings. The number of ether oxygens (including phenoxy) is 1. The second-order valence-electron chi connectivity index (χ2n) is 7.55. The maximum Gasteiger partial charge on any atom is 0.338 e. The van der Waals surface area contributed by atoms with Gasteiger partial charge >= 0.3 is 5.97 Å². The van der Waals surface area contributed by atoms with Gasteiger partial charge in [-0.1, -0.05) is 24.3 Å². The lowest BCUT2D eigenvalue weighted by molar-refractivity contribution is -0.121. The van der Waals surface area contributed by atoms with Crippen LogP contribution in [0.1, 0.15) is 28.5 Å². The van der Waals surface area contributed by atoms with E-state index in [2.05, 4.69) is 35.2 Å². The fraction of sp³-hybridized carbons (Fsp3) is 0.192. The van der Waals surface area contributed by atoms with Crippen molar-refractivity contribution in [1.82, 2.24) is 9.47 Å². The van der Waals surface area contributed by atoms with Crippen molar-refractivity contribution in [1.29, 1.82) is 0 Å². The molecule has 0 unspecified atom stereocenters. The number of allylic oxidation sites excluding steroid dienone is 1. The number of amides is 1. The summed E-state index contributed by atoms with van der Waals surface area (Å²) >= 11 is 1.34. The summed E-state index contributed by atoms with van der Waals surface area (Å²) in [6.07, 6.45) is 3.82. The average Bonchev–Trinajstić information content (AvgIpc) is 3.23. The number of benzene rings is 2. The Morgan fingerprint density at radius 2 is 1.91 bits per heavy atom. The summed E-state index contributed by atoms with van der Waals surface area (Å²) in [7, 11) is 1.72. The average molecular weight is 460 g/mol. The van der Waals surface area contributed by atoms with Crippen LogP contribution in [0.5, 0.6) is 0 Å². The molecule has 7 heteroatoms. The van der Waals surface area contributed by atoms with Gasteiger partial charge in [-0.2, -0.15) is 0 Å². The van der Waals surface area contributed by atoms with E-state index >= 15 is 0 Å². The molecule has 0 saturated carbocycles. The Bertz CT molecular complexity index is 1300. The summed E-state index contributed by atoms with van der Waals surface area (Å²) < 4.78 is 7.21. The highest BCUT2D eigenvalue weighted by molar-refractivity contribution is 8.18. The van der Waals surface area contributed by atoms with Crippen molar-refractivity contribution in [2.45, 2.75) is 20.4 Å². The van der Waals surface area contributed by atoms with Crippen molar-refractivity contribution in [3.8, 4) is 0 Å². The molecule has 3 aromatic rings. The molecule has 0 bridgehead atoms. The number of carbonyl (C=O) groups excluding carboxylic acids is 2. The number of para-hydroxylation sites is 1. The third-order valence-corrected chi connectivity index (χ3v) is 6.53. The Hall–Kier alpha value is -3.58. The lowest BCUT2D eigenvalue weighted by Crippen LogP contribution is -2.23. The van der Waals surface area contributed by atoms with E-state index in [0.29, 0.717) is 34.5 Å². The normalized spacial score (nSPS) is 16.2. The molecule has 2 heterocycles. The van der Waals surface area contributed by atoms with Crippen LogP contribution in [0.4, 0.5) is 5.69 Å². The second-order valence-corrected chi connectivity index (χ2v) is 8.56. The van der Waals surface area contributed by atoms with E-state index in [1.807, 2.05) is 24.3 Å². The van der Waals surface area contributed by atoms with Crippen molar-refractivity contribution in [2.24, 2.45) is 4.99 Å². The molecule has 168 valence electrons. The van der Waals surface area contributed by atoms with Gasteiger partial charge in [-0.25, -0.2) is 9.79 Å². The van der Waals surface area contributed by atoms with Crippen molar-refractivity contribution in [3.05, 3.63) is 82.9 Å². The molecule has 1 aromatic heterocycles. The van der Waals surface area contributed by atoms with Crippen molar-refractivity contribution >= 4 is 51.5 Å². The van der Waals surface area contributed by atoms with E-state index in [4.69, 9.17) is 4.74 Å². The molecular formula is C26H25N3O3S. The van der Waals surface area contributed by atoms with Crippen LogP contribution in [0.25, 0.3) is 17.0 Å². The fourth-order valence-corrected chi connectivity index (χ4v) is 4.75. The monoisotopic (exact) mass is 459 g/mol. The molecule has 6 nitrogen and oxygen atoms in total. The van der Waals surface area contributed by atoms with Gasteiger partial charge in [0, 0.05) is 35.8 Å². The van der Waals surface area contributed by atoms with Gasteiger partial charge < -0.3 is 9.30 Å². The highest BCUT2D eigenvalue weighted by Gasteiger charge is 2.31. The molecule has 0 atom stereocenters. The quantitative estimate of drug-likeness (QED) is 0.276. The zero-order valence-corrected chi connectivity index (χ0v) is 19.7. The summed E-state index contributed by atoms with van der Waals surface area (Å²) in [4.78, 5) is 31.6. The summed E-state index contributed by atoms with van der Waals surface area (Å²) in [5, 5.41) is 1.68. The predicted molar refractivity (Wildman–Crippen MR) is 135 cm³/mol. The van der Waals surface area contributed by atoms with Crippen LogP contribution < -0.4 is 0 Å². The van der Waals surface area contributed by atoms with Crippen LogP contribution in [-0.4, -0.2) is 40.2 Å². The molecule has 1 amide bonds. The number of amidine groups is 1. The smallest absolute Gasteiger partial charge is 0.338 e. The third kappa shape index (κ3) is 4.36. The van der Waals surface area contributed by atoms with E-state index in [9.17, 15) is 9.59 Å². The van der Waals surface area contributed by atoms with Gasteiger partial charge in [0.2, 0.25) is 0 Å². The van der Waals surface area contributed by atoms with Gasteiger partial charge in [0.05, 0.1) is 22.8 Å². The Morgan fingerprint density at radius 1 is 1.18 bits per heavy atom. The van der Waals surface area contributed by atoms with Gasteiger partial charge in [0.15, 0.2) is 5.17 Å². The zero-order valence-electron chi connectivity index (χ0n) is 18.9. The number of likely N-dealkylation sites (N-methyl/N-ethyl adjacent to an activating group) is 1. The minimum Gasteiger partial charge on any atom is -0.462 e. The Labute approximate surface area is 197 Å². The number of esters is 1. The third-order valence-electron chi connectivity index (χ3n) is 5.47. The molecule has 0 spiro atoms. The highest BCUT2D eigenvalue weighted by atomic mass is 32.2. The summed E-state index contributed by atoms with van der Waals surface area (Å²) in [5.41, 5.74) is 4.35. The van der Waals surface area contributed by atoms with Crippen molar-refractivity contribution in [3.63, 3.8) is 0 Å². The SMILES string of the molecule is C=CCn1c(C)c(/C=C2\SC(=Nc3ccc(C(=O)OCC)cc3)N(C)C2=O)c2ccccc21. The standard InChI is InChI=1S/C26H25N3O3S/c1-5-15-29-17(3)21(20-9-7-8-10-22(20)29)16-23-24(30)28(4)26(33-23)27-19-13-11-18(12-14-19)25(31)32-6-2/h5,7-14,16H,1,6,15H2,2-4H3/b23-16-,27-26?. The number of thioether (sulfide) groups is 1. The maximum absolute atomic E-state index is 13.0. The first kappa shape index (κ1) is 22.6. The van der Waals surface area contributed by atoms with E-state index in [1.54, 1.807) is 43.1 Å². The Morgan fingerprint density at radius 3 is 2.61 bits per heavy atom. The van der Waals surface area contributed by atoms with Crippen LogP contribution in [0.2, 0.25) is 0 Å². The molecule has 0 radical (unpaired) electrons. The topological polar surface area (TPSA) is 63.9 Å². The first-order valence-corrected chi connectivity index (χ1v) is 11.5. The molecular weight excluding hydrogens is 434 g/mol. The van der Waals surface area contributed by atoms with Gasteiger partial charge in [-0.15, -0.1) is 6.58 Å². The lowest BCUT2D eigenvalue weighted by atomic mass is 10.1. The molecule has 4 rings (SSSR count).